The van der Waals surface area contributed by atoms with Crippen molar-refractivity contribution < 1.29 is 9.53 Å². The van der Waals surface area contributed by atoms with Crippen molar-refractivity contribution in [1.29, 1.82) is 0 Å². The first-order chi connectivity index (χ1) is 12.4. The summed E-state index contributed by atoms with van der Waals surface area (Å²) < 4.78 is 7.44. The maximum absolute atomic E-state index is 12.3. The van der Waals surface area contributed by atoms with Gasteiger partial charge in [-0.3, -0.25) is 9.48 Å². The molecule has 1 heterocycles. The summed E-state index contributed by atoms with van der Waals surface area (Å²) in [6, 6.07) is 12.9. The Bertz CT molecular complexity index is 933. The van der Waals surface area contributed by atoms with Crippen molar-refractivity contribution in [2.75, 3.05) is 5.32 Å². The molecule has 0 aliphatic heterocycles. The topological polar surface area (TPSA) is 56.1 Å². The first-order valence-corrected chi connectivity index (χ1v) is 8.59. The van der Waals surface area contributed by atoms with Crippen LogP contribution in [0.25, 0.3) is 0 Å². The molecule has 134 valence electrons. The number of hydrogen-bond acceptors (Lipinski definition) is 3. The zero-order valence-electron chi connectivity index (χ0n) is 14.9. The quantitative estimate of drug-likeness (QED) is 0.719. The number of amides is 1. The van der Waals surface area contributed by atoms with Gasteiger partial charge in [-0.1, -0.05) is 23.7 Å². The minimum atomic E-state index is -0.165. The lowest BCUT2D eigenvalue weighted by Gasteiger charge is -2.09. The summed E-state index contributed by atoms with van der Waals surface area (Å²) in [4.78, 5) is 12.3. The molecule has 26 heavy (non-hydrogen) atoms. The number of halogens is 1. The highest BCUT2D eigenvalue weighted by Crippen LogP contribution is 2.22. The number of carbonyl (C=O) groups excluding carboxylic acids is 1. The van der Waals surface area contributed by atoms with Crippen LogP contribution in [0.1, 0.15) is 27.2 Å². The molecule has 1 amide bonds. The van der Waals surface area contributed by atoms with Crippen molar-refractivity contribution >= 4 is 23.2 Å². The van der Waals surface area contributed by atoms with Gasteiger partial charge in [0.15, 0.2) is 0 Å². The first kappa shape index (κ1) is 18.0. The molecule has 1 N–H and O–H groups in total. The van der Waals surface area contributed by atoms with Gasteiger partial charge in [-0.25, -0.2) is 0 Å². The number of rotatable bonds is 5. The molecule has 0 saturated carbocycles. The van der Waals surface area contributed by atoms with Crippen LogP contribution in [0.5, 0.6) is 5.75 Å². The van der Waals surface area contributed by atoms with E-state index in [2.05, 4.69) is 10.4 Å². The van der Waals surface area contributed by atoms with E-state index in [4.69, 9.17) is 16.3 Å². The van der Waals surface area contributed by atoms with E-state index in [0.717, 1.165) is 27.6 Å². The Kier molecular flexibility index (Phi) is 5.28. The van der Waals surface area contributed by atoms with Crippen molar-refractivity contribution in [3.63, 3.8) is 0 Å². The van der Waals surface area contributed by atoms with E-state index in [-0.39, 0.29) is 5.91 Å². The number of benzene rings is 2. The van der Waals surface area contributed by atoms with Crippen molar-refractivity contribution in [3.8, 4) is 5.75 Å². The molecule has 0 aliphatic rings. The third kappa shape index (κ3) is 4.24. The molecule has 0 unspecified atom stereocenters. The van der Waals surface area contributed by atoms with Gasteiger partial charge in [-0.2, -0.15) is 5.10 Å². The van der Waals surface area contributed by atoms with Gasteiger partial charge in [0.2, 0.25) is 0 Å². The molecule has 0 aliphatic carbocycles. The average molecular weight is 370 g/mol. The summed E-state index contributed by atoms with van der Waals surface area (Å²) in [5.74, 6) is 0.600. The van der Waals surface area contributed by atoms with Gasteiger partial charge in [-0.05, 0) is 55.3 Å². The number of hydrogen-bond donors (Lipinski definition) is 1. The number of ether oxygens (including phenoxy) is 1. The first-order valence-electron chi connectivity index (χ1n) is 8.22. The van der Waals surface area contributed by atoms with E-state index in [1.165, 1.54) is 0 Å². The molecule has 0 fully saturated rings. The predicted octanol–water partition coefficient (Wildman–Crippen LogP) is 4.52. The number of carbonyl (C=O) groups is 1. The SMILES string of the molecule is Cc1cc(OCc2ccc(C(=O)Nc3cn(C)nc3C)cc2)ccc1Cl. The number of nitrogens with one attached hydrogen (secondary N) is 1. The van der Waals surface area contributed by atoms with Crippen LogP contribution in [0.3, 0.4) is 0 Å². The molecule has 0 radical (unpaired) electrons. The molecule has 3 aromatic rings. The highest BCUT2D eigenvalue weighted by Gasteiger charge is 2.10. The van der Waals surface area contributed by atoms with Crippen molar-refractivity contribution in [1.82, 2.24) is 9.78 Å². The Morgan fingerprint density at radius 1 is 1.19 bits per heavy atom. The zero-order chi connectivity index (χ0) is 18.7. The van der Waals surface area contributed by atoms with E-state index in [1.807, 2.05) is 51.2 Å². The summed E-state index contributed by atoms with van der Waals surface area (Å²) >= 11 is 6.02. The van der Waals surface area contributed by atoms with E-state index < -0.39 is 0 Å². The highest BCUT2D eigenvalue weighted by atomic mass is 35.5. The van der Waals surface area contributed by atoms with Gasteiger partial charge < -0.3 is 10.1 Å². The second-order valence-corrected chi connectivity index (χ2v) is 6.56. The van der Waals surface area contributed by atoms with Crippen LogP contribution >= 0.6 is 11.6 Å². The molecule has 0 spiro atoms. The Hall–Kier alpha value is -2.79. The van der Waals surface area contributed by atoms with Gasteiger partial charge in [0, 0.05) is 23.8 Å². The van der Waals surface area contributed by atoms with E-state index >= 15 is 0 Å². The van der Waals surface area contributed by atoms with Crippen molar-refractivity contribution in [2.24, 2.45) is 7.05 Å². The second kappa shape index (κ2) is 7.62. The van der Waals surface area contributed by atoms with Crippen LogP contribution in [-0.2, 0) is 13.7 Å². The van der Waals surface area contributed by atoms with Gasteiger partial charge in [0.25, 0.3) is 5.91 Å². The third-order valence-electron chi connectivity index (χ3n) is 4.01. The molecular weight excluding hydrogens is 350 g/mol. The van der Waals surface area contributed by atoms with Crippen molar-refractivity contribution in [3.05, 3.63) is 76.1 Å². The number of aryl methyl sites for hydroxylation is 3. The molecule has 0 atom stereocenters. The molecule has 1 aromatic heterocycles. The summed E-state index contributed by atoms with van der Waals surface area (Å²) in [5.41, 5.74) is 4.03. The molecule has 5 nitrogen and oxygen atoms in total. The lowest BCUT2D eigenvalue weighted by Crippen LogP contribution is -2.12. The molecule has 3 rings (SSSR count). The summed E-state index contributed by atoms with van der Waals surface area (Å²) in [6.07, 6.45) is 1.78. The fourth-order valence-corrected chi connectivity index (χ4v) is 2.66. The van der Waals surface area contributed by atoms with Gasteiger partial charge in [0.05, 0.1) is 11.4 Å². The van der Waals surface area contributed by atoms with Crippen LogP contribution in [0.15, 0.2) is 48.7 Å². The summed E-state index contributed by atoms with van der Waals surface area (Å²) in [7, 11) is 1.82. The maximum atomic E-state index is 12.3. The Balaban J connectivity index is 1.61. The molecule has 0 bridgehead atoms. The van der Waals surface area contributed by atoms with E-state index in [9.17, 15) is 4.79 Å². The van der Waals surface area contributed by atoms with Crippen molar-refractivity contribution in [2.45, 2.75) is 20.5 Å². The lowest BCUT2D eigenvalue weighted by atomic mass is 10.1. The smallest absolute Gasteiger partial charge is 0.255 e. The van der Waals surface area contributed by atoms with E-state index in [1.54, 1.807) is 23.0 Å². The molecular formula is C20H20ClN3O2. The summed E-state index contributed by atoms with van der Waals surface area (Å²) in [6.45, 7) is 4.21. The zero-order valence-corrected chi connectivity index (χ0v) is 15.7. The van der Waals surface area contributed by atoms with Gasteiger partial charge in [-0.15, -0.1) is 0 Å². The average Bonchev–Trinajstić information content (AvgIpc) is 2.93. The van der Waals surface area contributed by atoms with Gasteiger partial charge >= 0.3 is 0 Å². The van der Waals surface area contributed by atoms with Crippen LogP contribution in [0, 0.1) is 13.8 Å². The normalized spacial score (nSPS) is 10.6. The van der Waals surface area contributed by atoms with Crippen LogP contribution < -0.4 is 10.1 Å². The van der Waals surface area contributed by atoms with Crippen LogP contribution in [0.2, 0.25) is 5.02 Å². The van der Waals surface area contributed by atoms with Gasteiger partial charge in [0.1, 0.15) is 12.4 Å². The Labute approximate surface area is 157 Å². The molecule has 6 heteroatoms. The minimum absolute atomic E-state index is 0.165. The highest BCUT2D eigenvalue weighted by molar-refractivity contribution is 6.31. The molecule has 0 saturated heterocycles. The fraction of sp³-hybridized carbons (Fsp3) is 0.200. The van der Waals surface area contributed by atoms with Crippen LogP contribution in [0.4, 0.5) is 5.69 Å². The third-order valence-corrected chi connectivity index (χ3v) is 4.44. The monoisotopic (exact) mass is 369 g/mol. The molecule has 2 aromatic carbocycles. The van der Waals surface area contributed by atoms with Crippen LogP contribution in [-0.4, -0.2) is 15.7 Å². The largest absolute Gasteiger partial charge is 0.489 e. The van der Waals surface area contributed by atoms with E-state index in [0.29, 0.717) is 17.9 Å². The Morgan fingerprint density at radius 2 is 1.92 bits per heavy atom. The predicted molar refractivity (Wildman–Crippen MR) is 103 cm³/mol. The Morgan fingerprint density at radius 3 is 2.54 bits per heavy atom. The summed E-state index contributed by atoms with van der Waals surface area (Å²) in [5, 5.41) is 7.80. The second-order valence-electron chi connectivity index (χ2n) is 6.15. The number of anilines is 1. The minimum Gasteiger partial charge on any atom is -0.489 e. The number of aromatic nitrogens is 2. The number of nitrogens with zero attached hydrogens (tertiary/aromatic N) is 2. The maximum Gasteiger partial charge on any atom is 0.255 e. The standard InChI is InChI=1S/C20H20ClN3O2/c1-13-10-17(8-9-18(13)21)26-12-15-4-6-16(7-5-15)20(25)22-19-11-24(3)23-14(19)2/h4-11H,12H2,1-3H3,(H,22,25). The fourth-order valence-electron chi connectivity index (χ4n) is 2.54. The lowest BCUT2D eigenvalue weighted by molar-refractivity contribution is 0.102.